The first-order valence-corrected chi connectivity index (χ1v) is 9.07. The van der Waals surface area contributed by atoms with Gasteiger partial charge in [0.1, 0.15) is 11.8 Å². The van der Waals surface area contributed by atoms with E-state index >= 15 is 0 Å². The molecule has 4 nitrogen and oxygen atoms in total. The molecular weight excluding hydrogens is 346 g/mol. The highest BCUT2D eigenvalue weighted by Crippen LogP contribution is 2.34. The maximum atomic E-state index is 10.4. The number of aryl methyl sites for hydroxylation is 1. The van der Waals surface area contributed by atoms with E-state index in [1.54, 1.807) is 18.4 Å². The fraction of sp³-hybridized carbons (Fsp3) is 0.0417. The molecule has 0 saturated carbocycles. The first-order chi connectivity index (χ1) is 13.8. The second-order valence-corrected chi connectivity index (χ2v) is 6.40. The van der Waals surface area contributed by atoms with Crippen LogP contribution in [-0.4, -0.2) is 16.3 Å². The van der Waals surface area contributed by atoms with E-state index in [4.69, 9.17) is 4.98 Å². The van der Waals surface area contributed by atoms with Crippen LogP contribution in [0, 0.1) is 6.92 Å². The molecule has 2 aromatic carbocycles. The molecule has 0 unspecified atom stereocenters. The van der Waals surface area contributed by atoms with Gasteiger partial charge < -0.3 is 5.32 Å². The van der Waals surface area contributed by atoms with Crippen LogP contribution in [-0.2, 0) is 4.79 Å². The van der Waals surface area contributed by atoms with Crippen molar-refractivity contribution in [2.45, 2.75) is 6.92 Å². The standard InChI is InChI=1S/C24H19N3O/c1-17-16-21-19-12-6-7-13-20(19)22(18-10-4-2-5-11-18)27-23(21)24(26-17)25-14-8-3-9-15-28/h2-16H,1H3,(H,25,26)/b9-3+,14-8+. The average Bonchev–Trinajstić information content (AvgIpc) is 2.73. The number of pyridine rings is 2. The van der Waals surface area contributed by atoms with Gasteiger partial charge in [-0.15, -0.1) is 0 Å². The molecule has 28 heavy (non-hydrogen) atoms. The fourth-order valence-electron chi connectivity index (χ4n) is 3.29. The van der Waals surface area contributed by atoms with E-state index in [2.05, 4.69) is 40.6 Å². The summed E-state index contributed by atoms with van der Waals surface area (Å²) >= 11 is 0. The highest BCUT2D eigenvalue weighted by atomic mass is 16.1. The molecule has 4 rings (SSSR count). The van der Waals surface area contributed by atoms with Crippen molar-refractivity contribution < 1.29 is 4.79 Å². The molecule has 0 atom stereocenters. The molecule has 4 heteroatoms. The van der Waals surface area contributed by atoms with Crippen LogP contribution in [0.5, 0.6) is 0 Å². The normalized spacial score (nSPS) is 11.6. The number of aldehydes is 1. The van der Waals surface area contributed by atoms with Crippen LogP contribution in [0.4, 0.5) is 5.82 Å². The van der Waals surface area contributed by atoms with Crippen LogP contribution in [0.15, 0.2) is 85.1 Å². The Bertz CT molecular complexity index is 1210. The number of aromatic nitrogens is 2. The van der Waals surface area contributed by atoms with E-state index in [0.29, 0.717) is 5.82 Å². The minimum Gasteiger partial charge on any atom is -0.345 e. The second kappa shape index (κ2) is 7.84. The Morgan fingerprint density at radius 3 is 2.36 bits per heavy atom. The Hall–Kier alpha value is -3.79. The van der Waals surface area contributed by atoms with Gasteiger partial charge in [-0.25, -0.2) is 9.97 Å². The first-order valence-electron chi connectivity index (χ1n) is 9.07. The lowest BCUT2D eigenvalue weighted by molar-refractivity contribution is -0.104. The predicted molar refractivity (Wildman–Crippen MR) is 115 cm³/mol. The van der Waals surface area contributed by atoms with Crippen molar-refractivity contribution in [3.8, 4) is 11.3 Å². The number of fused-ring (bicyclic) bond motifs is 3. The van der Waals surface area contributed by atoms with Crippen LogP contribution < -0.4 is 5.32 Å². The van der Waals surface area contributed by atoms with Crippen LogP contribution in [0.2, 0.25) is 0 Å². The largest absolute Gasteiger partial charge is 0.345 e. The molecule has 1 N–H and O–H groups in total. The van der Waals surface area contributed by atoms with Gasteiger partial charge in [-0.2, -0.15) is 0 Å². The van der Waals surface area contributed by atoms with Crippen molar-refractivity contribution in [2.75, 3.05) is 5.32 Å². The zero-order chi connectivity index (χ0) is 19.3. The average molecular weight is 365 g/mol. The first kappa shape index (κ1) is 17.6. The van der Waals surface area contributed by atoms with E-state index in [0.717, 1.165) is 44.9 Å². The summed E-state index contributed by atoms with van der Waals surface area (Å²) in [5.74, 6) is 0.689. The number of rotatable bonds is 5. The smallest absolute Gasteiger partial charge is 0.156 e. The zero-order valence-corrected chi connectivity index (χ0v) is 15.5. The van der Waals surface area contributed by atoms with Crippen molar-refractivity contribution in [1.82, 2.24) is 9.97 Å². The molecule has 136 valence electrons. The lowest BCUT2D eigenvalue weighted by atomic mass is 10.00. The highest BCUT2D eigenvalue weighted by Gasteiger charge is 2.13. The van der Waals surface area contributed by atoms with E-state index in [-0.39, 0.29) is 0 Å². The minimum atomic E-state index is 0.689. The number of carbonyl (C=O) groups is 1. The topological polar surface area (TPSA) is 54.9 Å². The number of anilines is 1. The quantitative estimate of drug-likeness (QED) is 0.221. The molecule has 4 aromatic rings. The maximum absolute atomic E-state index is 10.4. The monoisotopic (exact) mass is 365 g/mol. The van der Waals surface area contributed by atoms with E-state index in [9.17, 15) is 4.79 Å². The van der Waals surface area contributed by atoms with Gasteiger partial charge >= 0.3 is 0 Å². The summed E-state index contributed by atoms with van der Waals surface area (Å²) in [6.45, 7) is 1.97. The lowest BCUT2D eigenvalue weighted by Gasteiger charge is -2.13. The van der Waals surface area contributed by atoms with Gasteiger partial charge in [-0.1, -0.05) is 60.7 Å². The molecule has 0 aliphatic carbocycles. The molecule has 0 aliphatic heterocycles. The van der Waals surface area contributed by atoms with Crippen molar-refractivity contribution >= 4 is 33.8 Å². The van der Waals surface area contributed by atoms with E-state index in [1.165, 1.54) is 6.08 Å². The molecular formula is C24H19N3O. The van der Waals surface area contributed by atoms with Crippen LogP contribution in [0.3, 0.4) is 0 Å². The molecule has 2 aromatic heterocycles. The molecule has 0 saturated heterocycles. The predicted octanol–water partition coefficient (Wildman–Crippen LogP) is 5.44. The van der Waals surface area contributed by atoms with Gasteiger partial charge in [0.15, 0.2) is 5.82 Å². The van der Waals surface area contributed by atoms with Crippen LogP contribution >= 0.6 is 0 Å². The molecule has 2 heterocycles. The van der Waals surface area contributed by atoms with Crippen molar-refractivity contribution in [3.63, 3.8) is 0 Å². The zero-order valence-electron chi connectivity index (χ0n) is 15.5. The molecule has 0 radical (unpaired) electrons. The van der Waals surface area contributed by atoms with Gasteiger partial charge in [-0.3, -0.25) is 4.79 Å². The molecule has 0 aliphatic rings. The summed E-state index contributed by atoms with van der Waals surface area (Å²) in [5.41, 5.74) is 3.72. The maximum Gasteiger partial charge on any atom is 0.156 e. The van der Waals surface area contributed by atoms with Crippen molar-refractivity contribution in [1.29, 1.82) is 0 Å². The summed E-state index contributed by atoms with van der Waals surface area (Å²) < 4.78 is 0. The second-order valence-electron chi connectivity index (χ2n) is 6.40. The highest BCUT2D eigenvalue weighted by molar-refractivity contribution is 6.13. The molecule has 0 spiro atoms. The SMILES string of the molecule is Cc1cc2c(nc(-c3ccccc3)c3ccccc32)c(N/C=C/C=C/C=O)n1. The summed E-state index contributed by atoms with van der Waals surface area (Å²) in [7, 11) is 0. The van der Waals surface area contributed by atoms with Gasteiger partial charge in [0, 0.05) is 28.2 Å². The van der Waals surface area contributed by atoms with E-state index in [1.807, 2.05) is 37.3 Å². The van der Waals surface area contributed by atoms with Gasteiger partial charge in [-0.05, 0) is 30.5 Å². The third-order valence-corrected chi connectivity index (χ3v) is 4.48. The Morgan fingerprint density at radius 2 is 1.57 bits per heavy atom. The summed E-state index contributed by atoms with van der Waals surface area (Å²) in [6.07, 6.45) is 7.34. The van der Waals surface area contributed by atoms with E-state index < -0.39 is 0 Å². The Balaban J connectivity index is 1.96. The minimum absolute atomic E-state index is 0.689. The Kier molecular flexibility index (Phi) is 4.93. The third-order valence-electron chi connectivity index (χ3n) is 4.48. The van der Waals surface area contributed by atoms with Gasteiger partial charge in [0.2, 0.25) is 0 Å². The number of benzene rings is 2. The summed E-state index contributed by atoms with van der Waals surface area (Å²) in [5, 5.41) is 6.52. The Morgan fingerprint density at radius 1 is 0.821 bits per heavy atom. The number of hydrogen-bond acceptors (Lipinski definition) is 4. The summed E-state index contributed by atoms with van der Waals surface area (Å²) in [4.78, 5) is 20.0. The summed E-state index contributed by atoms with van der Waals surface area (Å²) in [6, 6.07) is 20.6. The van der Waals surface area contributed by atoms with Crippen LogP contribution in [0.25, 0.3) is 32.9 Å². The lowest BCUT2D eigenvalue weighted by Crippen LogP contribution is -1.99. The van der Waals surface area contributed by atoms with Crippen molar-refractivity contribution in [2.24, 2.45) is 0 Å². The van der Waals surface area contributed by atoms with Gasteiger partial charge in [0.25, 0.3) is 0 Å². The van der Waals surface area contributed by atoms with Gasteiger partial charge in [0.05, 0.1) is 5.69 Å². The fourth-order valence-corrected chi connectivity index (χ4v) is 3.29. The number of carbonyl (C=O) groups excluding carboxylic acids is 1. The molecule has 0 bridgehead atoms. The number of nitrogens with one attached hydrogen (secondary N) is 1. The number of hydrogen-bond donors (Lipinski definition) is 1. The Labute approximate surface area is 163 Å². The van der Waals surface area contributed by atoms with Crippen molar-refractivity contribution in [3.05, 3.63) is 90.8 Å². The molecule has 0 fully saturated rings. The van der Waals surface area contributed by atoms with Crippen LogP contribution in [0.1, 0.15) is 5.69 Å². The third kappa shape index (κ3) is 3.40. The number of nitrogens with zero attached hydrogens (tertiary/aromatic N) is 2. The number of allylic oxidation sites excluding steroid dienone is 3. The molecule has 0 amide bonds.